The van der Waals surface area contributed by atoms with Crippen LogP contribution in [0, 0.1) is 5.92 Å². The van der Waals surface area contributed by atoms with Crippen LogP contribution >= 0.6 is 0 Å². The number of benzene rings is 1. The Kier molecular flexibility index (Phi) is 4.23. The number of esters is 1. The van der Waals surface area contributed by atoms with Crippen LogP contribution in [0.3, 0.4) is 0 Å². The maximum absolute atomic E-state index is 11.5. The second-order valence-electron chi connectivity index (χ2n) is 3.82. The van der Waals surface area contributed by atoms with Crippen molar-refractivity contribution < 1.29 is 14.3 Å². The Labute approximate surface area is 95.4 Å². The quantitative estimate of drug-likeness (QED) is 0.578. The van der Waals surface area contributed by atoms with Crippen LogP contribution in [-0.2, 0) is 14.3 Å². The number of carbonyl (C=O) groups excluding carboxylic acids is 2. The lowest BCUT2D eigenvalue weighted by Crippen LogP contribution is -2.22. The van der Waals surface area contributed by atoms with E-state index in [1.807, 2.05) is 30.3 Å². The van der Waals surface area contributed by atoms with Crippen molar-refractivity contribution in [1.29, 1.82) is 0 Å². The van der Waals surface area contributed by atoms with E-state index in [1.165, 1.54) is 6.92 Å². The fourth-order valence-electron chi connectivity index (χ4n) is 1.23. The van der Waals surface area contributed by atoms with Gasteiger partial charge in [-0.15, -0.1) is 0 Å². The summed E-state index contributed by atoms with van der Waals surface area (Å²) in [6, 6.07) is 9.44. The molecule has 2 atom stereocenters. The number of rotatable bonds is 4. The van der Waals surface area contributed by atoms with Crippen LogP contribution in [0.5, 0.6) is 0 Å². The molecule has 0 N–H and O–H groups in total. The molecule has 0 radical (unpaired) electrons. The van der Waals surface area contributed by atoms with E-state index in [2.05, 4.69) is 0 Å². The Hall–Kier alpha value is -1.64. The summed E-state index contributed by atoms with van der Waals surface area (Å²) in [6.45, 7) is 4.74. The molecular formula is C13H16O3. The molecule has 1 aromatic carbocycles. The largest absolute Gasteiger partial charge is 0.457 e. The van der Waals surface area contributed by atoms with Crippen molar-refractivity contribution in [2.75, 3.05) is 0 Å². The van der Waals surface area contributed by atoms with Crippen molar-refractivity contribution in [2.24, 2.45) is 5.92 Å². The normalized spacial score (nSPS) is 13.9. The van der Waals surface area contributed by atoms with Gasteiger partial charge in [0.15, 0.2) is 0 Å². The molecule has 16 heavy (non-hydrogen) atoms. The third kappa shape index (κ3) is 3.19. The van der Waals surface area contributed by atoms with Crippen molar-refractivity contribution in [2.45, 2.75) is 26.9 Å². The number of ketones is 1. The highest BCUT2D eigenvalue weighted by atomic mass is 16.5. The van der Waals surface area contributed by atoms with E-state index in [1.54, 1.807) is 13.8 Å². The van der Waals surface area contributed by atoms with Crippen LogP contribution in [0.25, 0.3) is 0 Å². The lowest BCUT2D eigenvalue weighted by atomic mass is 10.1. The predicted molar refractivity (Wildman–Crippen MR) is 60.8 cm³/mol. The van der Waals surface area contributed by atoms with Gasteiger partial charge in [0.1, 0.15) is 17.8 Å². The first-order valence-electron chi connectivity index (χ1n) is 5.28. The minimum atomic E-state index is -0.689. The van der Waals surface area contributed by atoms with Gasteiger partial charge >= 0.3 is 5.97 Å². The Balaban J connectivity index is 2.62. The van der Waals surface area contributed by atoms with Crippen LogP contribution < -0.4 is 0 Å². The van der Waals surface area contributed by atoms with Gasteiger partial charge in [-0.05, 0) is 26.3 Å². The minimum Gasteiger partial charge on any atom is -0.457 e. The number of ether oxygens (including phenoxy) is 1. The third-order valence-corrected chi connectivity index (χ3v) is 2.53. The molecule has 0 amide bonds. The SMILES string of the molecule is CC(=O)C(C)C(=O)O[C@@H](C)c1ccccc1. The molecule has 86 valence electrons. The third-order valence-electron chi connectivity index (χ3n) is 2.53. The van der Waals surface area contributed by atoms with E-state index in [4.69, 9.17) is 4.74 Å². The molecule has 1 aromatic rings. The topological polar surface area (TPSA) is 43.4 Å². The molecule has 3 nitrogen and oxygen atoms in total. The number of Topliss-reactive ketones (excluding diaryl/α,β-unsaturated/α-hetero) is 1. The molecule has 0 aliphatic heterocycles. The van der Waals surface area contributed by atoms with Gasteiger partial charge < -0.3 is 4.74 Å². The number of hydrogen-bond donors (Lipinski definition) is 0. The Morgan fingerprint density at radius 1 is 1.12 bits per heavy atom. The van der Waals surface area contributed by atoms with Crippen molar-refractivity contribution >= 4 is 11.8 Å². The minimum absolute atomic E-state index is 0.176. The van der Waals surface area contributed by atoms with E-state index in [0.717, 1.165) is 5.56 Å². The molecule has 0 aliphatic rings. The standard InChI is InChI=1S/C13H16O3/c1-9(10(2)14)13(15)16-11(3)12-7-5-4-6-8-12/h4-9,11H,1-3H3/t9?,11-/m0/s1. The van der Waals surface area contributed by atoms with Gasteiger partial charge in [-0.3, -0.25) is 9.59 Å². The molecule has 0 saturated heterocycles. The molecule has 0 aliphatic carbocycles. The van der Waals surface area contributed by atoms with Crippen LogP contribution in [0.4, 0.5) is 0 Å². The highest BCUT2D eigenvalue weighted by Gasteiger charge is 2.21. The molecule has 0 fully saturated rings. The fourth-order valence-corrected chi connectivity index (χ4v) is 1.23. The molecule has 3 heteroatoms. The van der Waals surface area contributed by atoms with Crippen molar-refractivity contribution in [3.8, 4) is 0 Å². The predicted octanol–water partition coefficient (Wildman–Crippen LogP) is 2.52. The van der Waals surface area contributed by atoms with Gasteiger partial charge in [0.25, 0.3) is 0 Å². The van der Waals surface area contributed by atoms with Crippen LogP contribution in [0.2, 0.25) is 0 Å². The summed E-state index contributed by atoms with van der Waals surface area (Å²) in [5.74, 6) is -1.33. The summed E-state index contributed by atoms with van der Waals surface area (Å²) >= 11 is 0. The Bertz CT molecular complexity index is 370. The van der Waals surface area contributed by atoms with Crippen LogP contribution in [0.1, 0.15) is 32.4 Å². The van der Waals surface area contributed by atoms with Crippen molar-refractivity contribution in [1.82, 2.24) is 0 Å². The van der Waals surface area contributed by atoms with Gasteiger partial charge in [-0.25, -0.2) is 0 Å². The van der Waals surface area contributed by atoms with Gasteiger partial charge in [-0.1, -0.05) is 30.3 Å². The number of carbonyl (C=O) groups is 2. The first-order chi connectivity index (χ1) is 7.52. The van der Waals surface area contributed by atoms with Gasteiger partial charge in [-0.2, -0.15) is 0 Å². The summed E-state index contributed by atoms with van der Waals surface area (Å²) < 4.78 is 5.20. The highest BCUT2D eigenvalue weighted by molar-refractivity contribution is 5.97. The van der Waals surface area contributed by atoms with Crippen LogP contribution in [0.15, 0.2) is 30.3 Å². The van der Waals surface area contributed by atoms with E-state index < -0.39 is 11.9 Å². The van der Waals surface area contributed by atoms with Crippen molar-refractivity contribution in [3.05, 3.63) is 35.9 Å². The molecule has 0 heterocycles. The zero-order valence-corrected chi connectivity index (χ0v) is 9.77. The molecule has 0 spiro atoms. The van der Waals surface area contributed by atoms with E-state index in [0.29, 0.717) is 0 Å². The lowest BCUT2D eigenvalue weighted by molar-refractivity contribution is -0.155. The molecule has 1 rings (SSSR count). The summed E-state index contributed by atoms with van der Waals surface area (Å²) in [4.78, 5) is 22.5. The van der Waals surface area contributed by atoms with Crippen molar-refractivity contribution in [3.63, 3.8) is 0 Å². The van der Waals surface area contributed by atoms with E-state index >= 15 is 0 Å². The molecular weight excluding hydrogens is 204 g/mol. The zero-order chi connectivity index (χ0) is 12.1. The fraction of sp³-hybridized carbons (Fsp3) is 0.385. The lowest BCUT2D eigenvalue weighted by Gasteiger charge is -2.15. The smallest absolute Gasteiger partial charge is 0.316 e. The average molecular weight is 220 g/mol. The van der Waals surface area contributed by atoms with E-state index in [9.17, 15) is 9.59 Å². The maximum Gasteiger partial charge on any atom is 0.316 e. The molecule has 0 bridgehead atoms. The van der Waals surface area contributed by atoms with E-state index in [-0.39, 0.29) is 11.9 Å². The summed E-state index contributed by atoms with van der Waals surface area (Å²) in [6.07, 6.45) is -0.324. The molecule has 1 unspecified atom stereocenters. The summed E-state index contributed by atoms with van der Waals surface area (Å²) in [5.41, 5.74) is 0.923. The molecule has 0 aromatic heterocycles. The Morgan fingerprint density at radius 2 is 1.69 bits per heavy atom. The molecule has 0 saturated carbocycles. The zero-order valence-electron chi connectivity index (χ0n) is 9.77. The second kappa shape index (κ2) is 5.45. The van der Waals surface area contributed by atoms with Gasteiger partial charge in [0.05, 0.1) is 0 Å². The first kappa shape index (κ1) is 12.4. The van der Waals surface area contributed by atoms with Gasteiger partial charge in [0.2, 0.25) is 0 Å². The summed E-state index contributed by atoms with van der Waals surface area (Å²) in [7, 11) is 0. The average Bonchev–Trinajstić information content (AvgIpc) is 2.28. The second-order valence-corrected chi connectivity index (χ2v) is 3.82. The van der Waals surface area contributed by atoms with Gasteiger partial charge in [0, 0.05) is 0 Å². The van der Waals surface area contributed by atoms with Crippen LogP contribution in [-0.4, -0.2) is 11.8 Å². The summed E-state index contributed by atoms with van der Waals surface area (Å²) in [5, 5.41) is 0. The Morgan fingerprint density at radius 3 is 2.19 bits per heavy atom. The highest BCUT2D eigenvalue weighted by Crippen LogP contribution is 2.17. The maximum atomic E-state index is 11.5. The number of hydrogen-bond acceptors (Lipinski definition) is 3. The monoisotopic (exact) mass is 220 g/mol. The first-order valence-corrected chi connectivity index (χ1v) is 5.28.